The monoisotopic (exact) mass is 311 g/mol. The molecule has 126 valence electrons. The molecule has 0 aliphatic carbocycles. The van der Waals surface area contributed by atoms with Crippen LogP contribution in [0.15, 0.2) is 0 Å². The number of hydrogen-bond donors (Lipinski definition) is 1. The van der Waals surface area contributed by atoms with E-state index in [0.717, 1.165) is 52.0 Å². The Kier molecular flexibility index (Phi) is 6.20. The maximum atomic E-state index is 12.6. The predicted octanol–water partition coefficient (Wildman–Crippen LogP) is 0.160. The summed E-state index contributed by atoms with van der Waals surface area (Å²) in [6.45, 7) is 8.71. The van der Waals surface area contributed by atoms with E-state index in [9.17, 15) is 14.7 Å². The van der Waals surface area contributed by atoms with Crippen LogP contribution in [0.4, 0.5) is 0 Å². The lowest BCUT2D eigenvalue weighted by molar-refractivity contribution is -0.141. The smallest absolute Gasteiger partial charge is 0.227 e. The summed E-state index contributed by atoms with van der Waals surface area (Å²) in [5.74, 6) is 0.225. The first-order chi connectivity index (χ1) is 10.5. The normalized spacial score (nSPS) is 25.1. The molecule has 2 rings (SSSR count). The van der Waals surface area contributed by atoms with Crippen molar-refractivity contribution in [3.63, 3.8) is 0 Å². The van der Waals surface area contributed by atoms with Crippen molar-refractivity contribution in [3.05, 3.63) is 0 Å². The van der Waals surface area contributed by atoms with Crippen LogP contribution in [0.2, 0.25) is 0 Å². The molecule has 2 saturated heterocycles. The van der Waals surface area contributed by atoms with Gasteiger partial charge in [-0.25, -0.2) is 0 Å². The minimum Gasteiger partial charge on any atom is -0.392 e. The number of amides is 2. The summed E-state index contributed by atoms with van der Waals surface area (Å²) in [5.41, 5.74) is 0. The first kappa shape index (κ1) is 17.2. The SMILES string of the molecule is CC[C@H](O)CN1CCN(C(=O)[C@@H]2CCCN(C(C)=O)C2)CC1. The van der Waals surface area contributed by atoms with Crippen LogP contribution in [0.5, 0.6) is 0 Å². The summed E-state index contributed by atoms with van der Waals surface area (Å²) in [5, 5.41) is 9.71. The Labute approximate surface area is 133 Å². The van der Waals surface area contributed by atoms with Crippen molar-refractivity contribution in [1.29, 1.82) is 0 Å². The van der Waals surface area contributed by atoms with Gasteiger partial charge in [0, 0.05) is 52.7 Å². The number of nitrogens with zero attached hydrogens (tertiary/aromatic N) is 3. The van der Waals surface area contributed by atoms with Gasteiger partial charge in [0.25, 0.3) is 0 Å². The summed E-state index contributed by atoms with van der Waals surface area (Å²) in [4.78, 5) is 30.1. The van der Waals surface area contributed by atoms with Crippen LogP contribution in [0.25, 0.3) is 0 Å². The van der Waals surface area contributed by atoms with Crippen LogP contribution >= 0.6 is 0 Å². The van der Waals surface area contributed by atoms with Crippen LogP contribution in [0.1, 0.15) is 33.1 Å². The Morgan fingerprint density at radius 3 is 2.41 bits per heavy atom. The highest BCUT2D eigenvalue weighted by Crippen LogP contribution is 2.20. The fourth-order valence-electron chi connectivity index (χ4n) is 3.30. The van der Waals surface area contributed by atoms with E-state index in [1.54, 1.807) is 11.8 Å². The highest BCUT2D eigenvalue weighted by atomic mass is 16.3. The van der Waals surface area contributed by atoms with Crippen LogP contribution in [-0.2, 0) is 9.59 Å². The molecule has 0 spiro atoms. The topological polar surface area (TPSA) is 64.1 Å². The molecule has 2 atom stereocenters. The quantitative estimate of drug-likeness (QED) is 0.803. The average Bonchev–Trinajstić information content (AvgIpc) is 2.55. The largest absolute Gasteiger partial charge is 0.392 e. The van der Waals surface area contributed by atoms with Gasteiger partial charge in [-0.3, -0.25) is 14.5 Å². The lowest BCUT2D eigenvalue weighted by Gasteiger charge is -2.39. The number of aliphatic hydroxyl groups is 1. The Balaban J connectivity index is 1.80. The van der Waals surface area contributed by atoms with E-state index in [4.69, 9.17) is 0 Å². The van der Waals surface area contributed by atoms with E-state index < -0.39 is 0 Å². The summed E-state index contributed by atoms with van der Waals surface area (Å²) >= 11 is 0. The summed E-state index contributed by atoms with van der Waals surface area (Å²) < 4.78 is 0. The lowest BCUT2D eigenvalue weighted by Crippen LogP contribution is -2.53. The van der Waals surface area contributed by atoms with E-state index in [1.165, 1.54) is 0 Å². The van der Waals surface area contributed by atoms with Crippen molar-refractivity contribution in [2.75, 3.05) is 45.8 Å². The number of hydrogen-bond acceptors (Lipinski definition) is 4. The number of piperazine rings is 1. The van der Waals surface area contributed by atoms with Crippen molar-refractivity contribution in [1.82, 2.24) is 14.7 Å². The zero-order valence-electron chi connectivity index (χ0n) is 13.8. The van der Waals surface area contributed by atoms with Crippen LogP contribution < -0.4 is 0 Å². The minimum absolute atomic E-state index is 0.0366. The molecule has 0 aromatic carbocycles. The highest BCUT2D eigenvalue weighted by Gasteiger charge is 2.31. The van der Waals surface area contributed by atoms with Gasteiger partial charge in [-0.15, -0.1) is 0 Å². The van der Waals surface area contributed by atoms with Crippen LogP contribution in [0, 0.1) is 5.92 Å². The number of rotatable bonds is 4. The molecular weight excluding hydrogens is 282 g/mol. The second-order valence-corrected chi connectivity index (χ2v) is 6.49. The molecule has 1 N–H and O–H groups in total. The molecule has 2 amide bonds. The van der Waals surface area contributed by atoms with Crippen molar-refractivity contribution in [2.45, 2.75) is 39.2 Å². The molecule has 2 heterocycles. The fraction of sp³-hybridized carbons (Fsp3) is 0.875. The van der Waals surface area contributed by atoms with Crippen LogP contribution in [-0.4, -0.2) is 83.5 Å². The third kappa shape index (κ3) is 4.43. The molecule has 2 aliphatic rings. The van der Waals surface area contributed by atoms with Gasteiger partial charge in [0.2, 0.25) is 11.8 Å². The molecule has 0 bridgehead atoms. The standard InChI is InChI=1S/C16H29N3O3/c1-3-15(21)12-17-7-9-18(10-8-17)16(22)14-5-4-6-19(11-14)13(2)20/h14-15,21H,3-12H2,1-2H3/t14-,15+/m1/s1. The predicted molar refractivity (Wildman–Crippen MR) is 84.3 cm³/mol. The molecule has 0 unspecified atom stereocenters. The number of piperidine rings is 1. The molecular formula is C16H29N3O3. The van der Waals surface area contributed by atoms with Crippen molar-refractivity contribution < 1.29 is 14.7 Å². The third-order valence-electron chi connectivity index (χ3n) is 4.84. The van der Waals surface area contributed by atoms with Gasteiger partial charge in [0.15, 0.2) is 0 Å². The van der Waals surface area contributed by atoms with Gasteiger partial charge >= 0.3 is 0 Å². The Morgan fingerprint density at radius 1 is 1.14 bits per heavy atom. The van der Waals surface area contributed by atoms with Crippen molar-refractivity contribution in [2.24, 2.45) is 5.92 Å². The van der Waals surface area contributed by atoms with E-state index in [-0.39, 0.29) is 23.8 Å². The zero-order valence-corrected chi connectivity index (χ0v) is 13.8. The van der Waals surface area contributed by atoms with E-state index in [0.29, 0.717) is 13.1 Å². The average molecular weight is 311 g/mol. The highest BCUT2D eigenvalue weighted by molar-refractivity contribution is 5.81. The lowest BCUT2D eigenvalue weighted by atomic mass is 9.96. The van der Waals surface area contributed by atoms with E-state index in [2.05, 4.69) is 4.90 Å². The van der Waals surface area contributed by atoms with Crippen molar-refractivity contribution in [3.8, 4) is 0 Å². The number of β-amino-alcohol motifs (C(OH)–C–C–N with tert-alkyl or cyclic N) is 1. The zero-order chi connectivity index (χ0) is 16.1. The van der Waals surface area contributed by atoms with Gasteiger partial charge in [0.1, 0.15) is 0 Å². The summed E-state index contributed by atoms with van der Waals surface area (Å²) in [7, 11) is 0. The molecule has 6 nitrogen and oxygen atoms in total. The Hall–Kier alpha value is -1.14. The minimum atomic E-state index is -0.273. The second kappa shape index (κ2) is 7.92. The molecule has 2 aliphatic heterocycles. The molecule has 22 heavy (non-hydrogen) atoms. The van der Waals surface area contributed by atoms with Gasteiger partial charge in [0.05, 0.1) is 12.0 Å². The van der Waals surface area contributed by atoms with E-state index >= 15 is 0 Å². The fourth-order valence-corrected chi connectivity index (χ4v) is 3.30. The van der Waals surface area contributed by atoms with Gasteiger partial charge in [-0.05, 0) is 19.3 Å². The Morgan fingerprint density at radius 2 is 1.82 bits per heavy atom. The Bertz CT molecular complexity index is 394. The first-order valence-electron chi connectivity index (χ1n) is 8.46. The van der Waals surface area contributed by atoms with Gasteiger partial charge in [-0.2, -0.15) is 0 Å². The van der Waals surface area contributed by atoms with E-state index in [1.807, 2.05) is 11.8 Å². The molecule has 0 radical (unpaired) electrons. The molecule has 0 aromatic rings. The number of carbonyl (C=O) groups is 2. The summed E-state index contributed by atoms with van der Waals surface area (Å²) in [6.07, 6.45) is 2.29. The molecule has 0 aromatic heterocycles. The number of carbonyl (C=O) groups excluding carboxylic acids is 2. The number of likely N-dealkylation sites (tertiary alicyclic amines) is 1. The van der Waals surface area contributed by atoms with Gasteiger partial charge in [-0.1, -0.05) is 6.92 Å². The maximum absolute atomic E-state index is 12.6. The maximum Gasteiger partial charge on any atom is 0.227 e. The molecule has 2 fully saturated rings. The molecule has 6 heteroatoms. The number of aliphatic hydroxyl groups excluding tert-OH is 1. The summed E-state index contributed by atoms with van der Waals surface area (Å²) in [6, 6.07) is 0. The van der Waals surface area contributed by atoms with Crippen LogP contribution in [0.3, 0.4) is 0 Å². The first-order valence-corrected chi connectivity index (χ1v) is 8.46. The van der Waals surface area contributed by atoms with Crippen molar-refractivity contribution >= 4 is 11.8 Å². The second-order valence-electron chi connectivity index (χ2n) is 6.49. The van der Waals surface area contributed by atoms with Gasteiger partial charge < -0.3 is 14.9 Å². The molecule has 0 saturated carbocycles. The third-order valence-corrected chi connectivity index (χ3v) is 4.84.